The molecule has 1 aromatic heterocycles. The first-order valence-electron chi connectivity index (χ1n) is 9.17. The lowest BCUT2D eigenvalue weighted by Gasteiger charge is -2.35. The molecule has 4 rings (SSSR count). The molecule has 2 fully saturated rings. The lowest BCUT2D eigenvalue weighted by molar-refractivity contribution is -0.149. The van der Waals surface area contributed by atoms with E-state index in [-0.39, 0.29) is 5.41 Å². The second kappa shape index (κ2) is 6.01. The molecule has 1 heterocycles. The Balaban J connectivity index is 1.97. The first-order chi connectivity index (χ1) is 12.4. The molecule has 2 aliphatic carbocycles. The summed E-state index contributed by atoms with van der Waals surface area (Å²) in [6.45, 7) is 2.14. The van der Waals surface area contributed by atoms with Crippen LogP contribution in [0.3, 0.4) is 0 Å². The van der Waals surface area contributed by atoms with Crippen molar-refractivity contribution in [2.75, 3.05) is 0 Å². The molecule has 5 heteroatoms. The number of fused-ring (bicyclic) bond motifs is 1. The molecule has 0 bridgehead atoms. The third kappa shape index (κ3) is 2.45. The fourth-order valence-electron chi connectivity index (χ4n) is 4.54. The Kier molecular flexibility index (Phi) is 3.90. The molecule has 1 N–H and O–H groups in total. The minimum Gasteiger partial charge on any atom is -0.358 e. The van der Waals surface area contributed by atoms with E-state index in [1.54, 1.807) is 0 Å². The SMILES string of the molecule is CC1(c2[nH]c3ccccc3c2C2C(=O)C(=O)CC(=O)C2=O)CCCCC1. The van der Waals surface area contributed by atoms with Crippen LogP contribution in [-0.2, 0) is 24.6 Å². The molecule has 0 saturated heterocycles. The fraction of sp³-hybridized carbons (Fsp3) is 0.429. The van der Waals surface area contributed by atoms with Crippen molar-refractivity contribution in [2.45, 2.75) is 56.8 Å². The number of aromatic nitrogens is 1. The average Bonchev–Trinajstić information content (AvgIpc) is 3.01. The van der Waals surface area contributed by atoms with E-state index >= 15 is 0 Å². The number of ketones is 4. The van der Waals surface area contributed by atoms with Gasteiger partial charge in [-0.25, -0.2) is 0 Å². The number of carbonyl (C=O) groups excluding carboxylic acids is 4. The first-order valence-corrected chi connectivity index (χ1v) is 9.17. The Morgan fingerprint density at radius 2 is 1.54 bits per heavy atom. The standard InChI is InChI=1S/C21H21NO4/c1-21(9-5-2-6-10-21)20-16(12-7-3-4-8-13(12)22-20)17-18(25)14(23)11-15(24)19(17)26/h3-4,7-8,17,22H,2,5-6,9-11H2,1H3. The number of benzene rings is 1. The normalized spacial score (nSPS) is 21.6. The highest BCUT2D eigenvalue weighted by Gasteiger charge is 2.46. The Bertz CT molecular complexity index is 920. The van der Waals surface area contributed by atoms with Gasteiger partial charge in [-0.15, -0.1) is 0 Å². The van der Waals surface area contributed by atoms with Crippen LogP contribution in [0.5, 0.6) is 0 Å². The predicted molar refractivity (Wildman–Crippen MR) is 96.1 cm³/mol. The van der Waals surface area contributed by atoms with Crippen molar-refractivity contribution in [1.82, 2.24) is 4.98 Å². The van der Waals surface area contributed by atoms with Crippen LogP contribution in [-0.4, -0.2) is 28.1 Å². The molecule has 0 atom stereocenters. The molecule has 5 nitrogen and oxygen atoms in total. The molecule has 1 aromatic carbocycles. The van der Waals surface area contributed by atoms with E-state index in [4.69, 9.17) is 0 Å². The smallest absolute Gasteiger partial charge is 0.214 e. The zero-order chi connectivity index (χ0) is 18.5. The highest BCUT2D eigenvalue weighted by Crippen LogP contribution is 2.45. The number of nitrogens with one attached hydrogen (secondary N) is 1. The summed E-state index contributed by atoms with van der Waals surface area (Å²) in [5.74, 6) is -4.32. The Morgan fingerprint density at radius 3 is 2.19 bits per heavy atom. The minimum absolute atomic E-state index is 0.198. The van der Waals surface area contributed by atoms with Crippen molar-refractivity contribution >= 4 is 34.0 Å². The van der Waals surface area contributed by atoms with Crippen LogP contribution in [0.1, 0.15) is 62.6 Å². The van der Waals surface area contributed by atoms with Crippen LogP contribution in [0.2, 0.25) is 0 Å². The first kappa shape index (κ1) is 16.9. The van der Waals surface area contributed by atoms with Crippen molar-refractivity contribution in [3.05, 3.63) is 35.5 Å². The van der Waals surface area contributed by atoms with E-state index in [0.717, 1.165) is 42.3 Å². The van der Waals surface area contributed by atoms with Gasteiger partial charge < -0.3 is 4.98 Å². The molecular weight excluding hydrogens is 330 g/mol. The van der Waals surface area contributed by atoms with Crippen LogP contribution in [0, 0.1) is 0 Å². The second-order valence-electron chi connectivity index (χ2n) is 7.77. The third-order valence-corrected chi connectivity index (χ3v) is 5.99. The number of para-hydroxylation sites is 1. The van der Waals surface area contributed by atoms with Crippen molar-refractivity contribution in [2.24, 2.45) is 0 Å². The van der Waals surface area contributed by atoms with Gasteiger partial charge in [0.05, 0.1) is 6.42 Å². The molecule has 2 aliphatic rings. The molecule has 0 radical (unpaired) electrons. The molecule has 134 valence electrons. The van der Waals surface area contributed by atoms with Gasteiger partial charge in [-0.1, -0.05) is 44.4 Å². The topological polar surface area (TPSA) is 84.1 Å². The van der Waals surface area contributed by atoms with Gasteiger partial charge >= 0.3 is 0 Å². The molecule has 0 amide bonds. The summed E-state index contributed by atoms with van der Waals surface area (Å²) in [7, 11) is 0. The van der Waals surface area contributed by atoms with Gasteiger partial charge in [-0.05, 0) is 18.9 Å². The highest BCUT2D eigenvalue weighted by atomic mass is 16.2. The van der Waals surface area contributed by atoms with E-state index in [1.807, 2.05) is 24.3 Å². The van der Waals surface area contributed by atoms with Gasteiger partial charge in [0.25, 0.3) is 0 Å². The molecule has 0 unspecified atom stereocenters. The van der Waals surface area contributed by atoms with Gasteiger partial charge in [-0.3, -0.25) is 19.2 Å². The molecule has 26 heavy (non-hydrogen) atoms. The van der Waals surface area contributed by atoms with Gasteiger partial charge in [0, 0.05) is 27.6 Å². The Hall–Kier alpha value is -2.56. The Morgan fingerprint density at radius 1 is 0.923 bits per heavy atom. The van der Waals surface area contributed by atoms with Crippen LogP contribution in [0.4, 0.5) is 0 Å². The summed E-state index contributed by atoms with van der Waals surface area (Å²) in [6.07, 6.45) is 4.63. The van der Waals surface area contributed by atoms with Crippen LogP contribution in [0.25, 0.3) is 10.9 Å². The minimum atomic E-state index is -1.30. The summed E-state index contributed by atoms with van der Waals surface area (Å²) in [4.78, 5) is 52.7. The van der Waals surface area contributed by atoms with E-state index in [9.17, 15) is 19.2 Å². The highest BCUT2D eigenvalue weighted by molar-refractivity contribution is 6.61. The molecule has 0 spiro atoms. The number of H-pyrrole nitrogens is 1. The maximum Gasteiger partial charge on any atom is 0.214 e. The molecule has 2 saturated carbocycles. The van der Waals surface area contributed by atoms with Gasteiger partial charge in [0.1, 0.15) is 5.92 Å². The Labute approximate surface area is 151 Å². The van der Waals surface area contributed by atoms with Crippen LogP contribution in [0.15, 0.2) is 24.3 Å². The van der Waals surface area contributed by atoms with Crippen molar-refractivity contribution in [3.63, 3.8) is 0 Å². The second-order valence-corrected chi connectivity index (χ2v) is 7.77. The van der Waals surface area contributed by atoms with Gasteiger partial charge in [0.2, 0.25) is 23.1 Å². The van der Waals surface area contributed by atoms with Crippen molar-refractivity contribution < 1.29 is 19.2 Å². The lowest BCUT2D eigenvalue weighted by Crippen LogP contribution is -2.41. The van der Waals surface area contributed by atoms with Crippen LogP contribution < -0.4 is 0 Å². The predicted octanol–water partition coefficient (Wildman–Crippen LogP) is 3.15. The van der Waals surface area contributed by atoms with E-state index in [0.29, 0.717) is 5.56 Å². The summed E-state index contributed by atoms with van der Waals surface area (Å²) in [5, 5.41) is 0.753. The summed E-state index contributed by atoms with van der Waals surface area (Å²) in [5.41, 5.74) is 2.01. The third-order valence-electron chi connectivity index (χ3n) is 5.99. The summed E-state index contributed by atoms with van der Waals surface area (Å²) in [6, 6.07) is 7.47. The summed E-state index contributed by atoms with van der Waals surface area (Å²) < 4.78 is 0. The van der Waals surface area contributed by atoms with Crippen molar-refractivity contribution in [3.8, 4) is 0 Å². The number of hydrogen-bond acceptors (Lipinski definition) is 4. The average molecular weight is 351 g/mol. The lowest BCUT2D eigenvalue weighted by atomic mass is 9.69. The van der Waals surface area contributed by atoms with E-state index in [1.165, 1.54) is 6.42 Å². The zero-order valence-corrected chi connectivity index (χ0v) is 14.8. The fourth-order valence-corrected chi connectivity index (χ4v) is 4.54. The van der Waals surface area contributed by atoms with Crippen LogP contribution >= 0.6 is 0 Å². The number of carbonyl (C=O) groups is 4. The monoisotopic (exact) mass is 351 g/mol. The zero-order valence-electron chi connectivity index (χ0n) is 14.8. The van der Waals surface area contributed by atoms with Gasteiger partial charge in [-0.2, -0.15) is 0 Å². The molecular formula is C21H21NO4. The molecule has 0 aliphatic heterocycles. The molecule has 2 aromatic rings. The van der Waals surface area contributed by atoms with E-state index < -0.39 is 35.5 Å². The number of rotatable bonds is 2. The van der Waals surface area contributed by atoms with Crippen molar-refractivity contribution in [1.29, 1.82) is 0 Å². The maximum atomic E-state index is 12.6. The number of hydrogen-bond donors (Lipinski definition) is 1. The maximum absolute atomic E-state index is 12.6. The number of aromatic amines is 1. The van der Waals surface area contributed by atoms with E-state index in [2.05, 4.69) is 11.9 Å². The summed E-state index contributed by atoms with van der Waals surface area (Å²) >= 11 is 0. The largest absolute Gasteiger partial charge is 0.358 e. The quantitative estimate of drug-likeness (QED) is 0.665. The van der Waals surface area contributed by atoms with Gasteiger partial charge in [0.15, 0.2) is 0 Å². The number of Topliss-reactive ketones (excluding diaryl/α,β-unsaturated/α-hetero) is 4.